The largest absolute Gasteiger partial charge is 0.496 e. The summed E-state index contributed by atoms with van der Waals surface area (Å²) in [6.07, 6.45) is 0. The lowest BCUT2D eigenvalue weighted by atomic mass is 9.85. The standard InChI is InChI=1S/C15H17ClN2O3/c1-15(2,3)10-6-8(16)5-9(13(10)21-4)11-7-12(14(19)20)18-17-11/h5-7H,1-4H3,(H,17,18)(H,19,20). The third-order valence-corrected chi connectivity index (χ3v) is 3.37. The minimum atomic E-state index is -1.06. The lowest BCUT2D eigenvalue weighted by molar-refractivity contribution is 0.0690. The molecule has 0 saturated carbocycles. The van der Waals surface area contributed by atoms with Crippen molar-refractivity contribution in [2.75, 3.05) is 7.11 Å². The molecule has 112 valence electrons. The Morgan fingerprint density at radius 2 is 2.00 bits per heavy atom. The van der Waals surface area contributed by atoms with Crippen LogP contribution in [0.2, 0.25) is 5.02 Å². The highest BCUT2D eigenvalue weighted by molar-refractivity contribution is 6.31. The van der Waals surface area contributed by atoms with Gasteiger partial charge in [0.1, 0.15) is 11.4 Å². The molecular weight excluding hydrogens is 292 g/mol. The second-order valence-electron chi connectivity index (χ2n) is 5.76. The molecule has 0 aliphatic rings. The van der Waals surface area contributed by atoms with Crippen molar-refractivity contribution in [2.24, 2.45) is 0 Å². The first-order valence-corrected chi connectivity index (χ1v) is 6.79. The zero-order valence-electron chi connectivity index (χ0n) is 12.3. The number of ether oxygens (including phenoxy) is 1. The first-order chi connectivity index (χ1) is 9.74. The predicted octanol–water partition coefficient (Wildman–Crippen LogP) is 3.73. The van der Waals surface area contributed by atoms with Crippen LogP contribution in [0.4, 0.5) is 0 Å². The maximum atomic E-state index is 11.0. The van der Waals surface area contributed by atoms with E-state index in [0.717, 1.165) is 5.56 Å². The number of aromatic amines is 1. The Hall–Kier alpha value is -2.01. The van der Waals surface area contributed by atoms with Gasteiger partial charge in [-0.05, 0) is 23.6 Å². The summed E-state index contributed by atoms with van der Waals surface area (Å²) in [6, 6.07) is 5.04. The average molecular weight is 309 g/mol. The molecule has 0 aliphatic carbocycles. The van der Waals surface area contributed by atoms with Gasteiger partial charge < -0.3 is 9.84 Å². The van der Waals surface area contributed by atoms with E-state index in [2.05, 4.69) is 31.0 Å². The Balaban J connectivity index is 2.67. The van der Waals surface area contributed by atoms with Gasteiger partial charge in [0.05, 0.1) is 12.8 Å². The summed E-state index contributed by atoms with van der Waals surface area (Å²) in [7, 11) is 1.58. The summed E-state index contributed by atoms with van der Waals surface area (Å²) in [4.78, 5) is 11.0. The molecular formula is C15H17ClN2O3. The fraction of sp³-hybridized carbons (Fsp3) is 0.333. The van der Waals surface area contributed by atoms with Crippen LogP contribution in [0.5, 0.6) is 5.75 Å². The van der Waals surface area contributed by atoms with E-state index >= 15 is 0 Å². The fourth-order valence-corrected chi connectivity index (χ4v) is 2.35. The van der Waals surface area contributed by atoms with Crippen LogP contribution in [0.1, 0.15) is 36.8 Å². The van der Waals surface area contributed by atoms with Crippen molar-refractivity contribution in [1.82, 2.24) is 10.2 Å². The van der Waals surface area contributed by atoms with E-state index in [4.69, 9.17) is 21.4 Å². The van der Waals surface area contributed by atoms with Gasteiger partial charge in [0, 0.05) is 16.1 Å². The van der Waals surface area contributed by atoms with Gasteiger partial charge in [-0.2, -0.15) is 5.10 Å². The number of carboxylic acid groups (broad SMARTS) is 1. The van der Waals surface area contributed by atoms with Crippen molar-refractivity contribution in [3.8, 4) is 17.0 Å². The average Bonchev–Trinajstić information content (AvgIpc) is 2.86. The lowest BCUT2D eigenvalue weighted by Gasteiger charge is -2.24. The molecule has 2 aromatic rings. The molecule has 0 bridgehead atoms. The van der Waals surface area contributed by atoms with E-state index < -0.39 is 5.97 Å². The number of rotatable bonds is 3. The normalized spacial score (nSPS) is 11.5. The predicted molar refractivity (Wildman–Crippen MR) is 81.2 cm³/mol. The summed E-state index contributed by atoms with van der Waals surface area (Å²) < 4.78 is 5.52. The Morgan fingerprint density at radius 1 is 1.33 bits per heavy atom. The highest BCUT2D eigenvalue weighted by Crippen LogP contribution is 2.40. The molecule has 6 heteroatoms. The third kappa shape index (κ3) is 3.03. The Kier molecular flexibility index (Phi) is 3.96. The van der Waals surface area contributed by atoms with Crippen molar-refractivity contribution in [1.29, 1.82) is 0 Å². The second-order valence-corrected chi connectivity index (χ2v) is 6.19. The summed E-state index contributed by atoms with van der Waals surface area (Å²) in [5, 5.41) is 16.1. The summed E-state index contributed by atoms with van der Waals surface area (Å²) in [5.41, 5.74) is 1.93. The van der Waals surface area contributed by atoms with Gasteiger partial charge in [-0.15, -0.1) is 0 Å². The van der Waals surface area contributed by atoms with E-state index in [1.165, 1.54) is 6.07 Å². The summed E-state index contributed by atoms with van der Waals surface area (Å²) >= 11 is 6.19. The van der Waals surface area contributed by atoms with Crippen LogP contribution in [0, 0.1) is 0 Å². The second kappa shape index (κ2) is 5.41. The Bertz CT molecular complexity index is 687. The SMILES string of the molecule is COc1c(-c2cc(C(=O)O)[nH]n2)cc(Cl)cc1C(C)(C)C. The molecule has 0 atom stereocenters. The number of hydrogen-bond donors (Lipinski definition) is 2. The van der Waals surface area contributed by atoms with Crippen LogP contribution in [0.25, 0.3) is 11.3 Å². The number of carboxylic acids is 1. The maximum absolute atomic E-state index is 11.0. The number of nitrogens with one attached hydrogen (secondary N) is 1. The molecule has 1 heterocycles. The quantitative estimate of drug-likeness (QED) is 0.906. The maximum Gasteiger partial charge on any atom is 0.353 e. The van der Waals surface area contributed by atoms with Crippen LogP contribution in [0.15, 0.2) is 18.2 Å². The monoisotopic (exact) mass is 308 g/mol. The minimum Gasteiger partial charge on any atom is -0.496 e. The number of halogens is 1. The molecule has 5 nitrogen and oxygen atoms in total. The molecule has 2 rings (SSSR count). The van der Waals surface area contributed by atoms with Gasteiger partial charge >= 0.3 is 5.97 Å². The zero-order valence-corrected chi connectivity index (χ0v) is 13.1. The number of benzene rings is 1. The highest BCUT2D eigenvalue weighted by atomic mass is 35.5. The molecule has 2 N–H and O–H groups in total. The van der Waals surface area contributed by atoms with Crippen molar-refractivity contribution >= 4 is 17.6 Å². The van der Waals surface area contributed by atoms with Gasteiger partial charge in [0.15, 0.2) is 0 Å². The van der Waals surface area contributed by atoms with Crippen LogP contribution < -0.4 is 4.74 Å². The van der Waals surface area contributed by atoms with Crippen LogP contribution in [0.3, 0.4) is 0 Å². The first kappa shape index (κ1) is 15.4. The van der Waals surface area contributed by atoms with Gasteiger partial charge in [0.2, 0.25) is 0 Å². The topological polar surface area (TPSA) is 75.2 Å². The number of nitrogens with zero attached hydrogens (tertiary/aromatic N) is 1. The molecule has 0 fully saturated rings. The van der Waals surface area contributed by atoms with E-state index in [9.17, 15) is 4.79 Å². The van der Waals surface area contributed by atoms with Gasteiger partial charge in [0.25, 0.3) is 0 Å². The number of aromatic nitrogens is 2. The number of hydrogen-bond acceptors (Lipinski definition) is 3. The van der Waals surface area contributed by atoms with Crippen LogP contribution in [-0.2, 0) is 5.41 Å². The molecule has 0 radical (unpaired) electrons. The number of carbonyl (C=O) groups is 1. The fourth-order valence-electron chi connectivity index (χ4n) is 2.13. The van der Waals surface area contributed by atoms with Crippen molar-refractivity contribution in [3.05, 3.63) is 34.5 Å². The molecule has 0 spiro atoms. The minimum absolute atomic E-state index is 0.0179. The number of aromatic carboxylic acids is 1. The van der Waals surface area contributed by atoms with Crippen LogP contribution >= 0.6 is 11.6 Å². The highest BCUT2D eigenvalue weighted by Gasteiger charge is 2.24. The van der Waals surface area contributed by atoms with Crippen molar-refractivity contribution < 1.29 is 14.6 Å². The summed E-state index contributed by atoms with van der Waals surface area (Å²) in [5.74, 6) is -0.416. The molecule has 0 aliphatic heterocycles. The van der Waals surface area contributed by atoms with Crippen LogP contribution in [-0.4, -0.2) is 28.4 Å². The Morgan fingerprint density at radius 3 is 2.48 bits per heavy atom. The molecule has 0 saturated heterocycles. The van der Waals surface area contributed by atoms with Gasteiger partial charge in [-0.1, -0.05) is 32.4 Å². The number of H-pyrrole nitrogens is 1. The molecule has 21 heavy (non-hydrogen) atoms. The van der Waals surface area contributed by atoms with E-state index in [-0.39, 0.29) is 11.1 Å². The van der Waals surface area contributed by atoms with E-state index in [1.807, 2.05) is 6.07 Å². The smallest absolute Gasteiger partial charge is 0.353 e. The Labute approximate surface area is 127 Å². The third-order valence-electron chi connectivity index (χ3n) is 3.15. The lowest BCUT2D eigenvalue weighted by Crippen LogP contribution is -2.13. The van der Waals surface area contributed by atoms with Gasteiger partial charge in [-0.25, -0.2) is 4.79 Å². The van der Waals surface area contributed by atoms with Gasteiger partial charge in [-0.3, -0.25) is 5.10 Å². The number of methoxy groups -OCH3 is 1. The van der Waals surface area contributed by atoms with E-state index in [1.54, 1.807) is 13.2 Å². The molecule has 0 unspecified atom stereocenters. The molecule has 0 amide bonds. The van der Waals surface area contributed by atoms with Crippen molar-refractivity contribution in [2.45, 2.75) is 26.2 Å². The summed E-state index contributed by atoms with van der Waals surface area (Å²) in [6.45, 7) is 6.16. The van der Waals surface area contributed by atoms with E-state index in [0.29, 0.717) is 22.0 Å². The van der Waals surface area contributed by atoms with Crippen molar-refractivity contribution in [3.63, 3.8) is 0 Å². The molecule has 1 aromatic carbocycles. The first-order valence-electron chi connectivity index (χ1n) is 6.41. The molecule has 1 aromatic heterocycles. The zero-order chi connectivity index (χ0) is 15.8.